The van der Waals surface area contributed by atoms with Crippen LogP contribution in [0.1, 0.15) is 12.8 Å². The van der Waals surface area contributed by atoms with Crippen LogP contribution in [-0.4, -0.2) is 29.2 Å². The summed E-state index contributed by atoms with van der Waals surface area (Å²) in [5.74, 6) is 0.717. The van der Waals surface area contributed by atoms with Gasteiger partial charge in [0.15, 0.2) is 0 Å². The molecule has 0 unspecified atom stereocenters. The number of nitrogens with one attached hydrogen (secondary N) is 1. The first-order chi connectivity index (χ1) is 6.45. The maximum atomic E-state index is 5.26. The van der Waals surface area contributed by atoms with Gasteiger partial charge in [-0.1, -0.05) is 0 Å². The van der Waals surface area contributed by atoms with Gasteiger partial charge in [0.2, 0.25) is 5.95 Å². The SMILES string of the molecule is c1cnc(NC2CCOCC2)nc1. The van der Waals surface area contributed by atoms with E-state index in [0.29, 0.717) is 6.04 Å². The fraction of sp³-hybridized carbons (Fsp3) is 0.556. The highest BCUT2D eigenvalue weighted by Crippen LogP contribution is 2.10. The summed E-state index contributed by atoms with van der Waals surface area (Å²) in [7, 11) is 0. The summed E-state index contributed by atoms with van der Waals surface area (Å²) in [4.78, 5) is 8.22. The molecule has 0 saturated carbocycles. The molecule has 4 heteroatoms. The number of hydrogen-bond donors (Lipinski definition) is 1. The molecule has 13 heavy (non-hydrogen) atoms. The van der Waals surface area contributed by atoms with Crippen molar-refractivity contribution >= 4 is 5.95 Å². The van der Waals surface area contributed by atoms with E-state index in [4.69, 9.17) is 4.74 Å². The number of nitrogens with zero attached hydrogens (tertiary/aromatic N) is 2. The summed E-state index contributed by atoms with van der Waals surface area (Å²) in [6.07, 6.45) is 5.57. The molecule has 2 rings (SSSR count). The zero-order chi connectivity index (χ0) is 8.93. The third-order valence-corrected chi connectivity index (χ3v) is 2.12. The Labute approximate surface area is 77.4 Å². The molecule has 2 heterocycles. The van der Waals surface area contributed by atoms with Crippen molar-refractivity contribution in [2.45, 2.75) is 18.9 Å². The Hall–Kier alpha value is -1.16. The van der Waals surface area contributed by atoms with Gasteiger partial charge in [-0.15, -0.1) is 0 Å². The summed E-state index contributed by atoms with van der Waals surface area (Å²) in [6, 6.07) is 2.28. The van der Waals surface area contributed by atoms with Crippen LogP contribution in [0.15, 0.2) is 18.5 Å². The lowest BCUT2D eigenvalue weighted by Crippen LogP contribution is -2.28. The van der Waals surface area contributed by atoms with Crippen LogP contribution >= 0.6 is 0 Å². The second-order valence-corrected chi connectivity index (χ2v) is 3.10. The van der Waals surface area contributed by atoms with Crippen LogP contribution in [-0.2, 0) is 4.74 Å². The molecule has 1 aliphatic rings. The Bertz CT molecular complexity index is 246. The van der Waals surface area contributed by atoms with Crippen LogP contribution in [0.25, 0.3) is 0 Å². The summed E-state index contributed by atoms with van der Waals surface area (Å²) < 4.78 is 5.26. The largest absolute Gasteiger partial charge is 0.381 e. The molecule has 1 fully saturated rings. The summed E-state index contributed by atoms with van der Waals surface area (Å²) in [5.41, 5.74) is 0. The minimum absolute atomic E-state index is 0.469. The minimum Gasteiger partial charge on any atom is -0.381 e. The van der Waals surface area contributed by atoms with Crippen LogP contribution in [0.2, 0.25) is 0 Å². The van der Waals surface area contributed by atoms with Crippen LogP contribution in [0, 0.1) is 0 Å². The fourth-order valence-electron chi connectivity index (χ4n) is 1.40. The molecular formula is C9H13N3O. The number of hydrogen-bond acceptors (Lipinski definition) is 4. The zero-order valence-corrected chi connectivity index (χ0v) is 7.44. The highest BCUT2D eigenvalue weighted by molar-refractivity contribution is 5.24. The second-order valence-electron chi connectivity index (χ2n) is 3.10. The van der Waals surface area contributed by atoms with Crippen molar-refractivity contribution in [2.75, 3.05) is 18.5 Å². The van der Waals surface area contributed by atoms with E-state index in [9.17, 15) is 0 Å². The Morgan fingerprint density at radius 2 is 1.92 bits per heavy atom. The highest BCUT2D eigenvalue weighted by Gasteiger charge is 2.13. The predicted molar refractivity (Wildman–Crippen MR) is 49.5 cm³/mol. The van der Waals surface area contributed by atoms with Crippen molar-refractivity contribution in [3.8, 4) is 0 Å². The molecule has 0 atom stereocenters. The Morgan fingerprint density at radius 3 is 2.62 bits per heavy atom. The first-order valence-electron chi connectivity index (χ1n) is 4.56. The molecule has 1 aliphatic heterocycles. The number of aromatic nitrogens is 2. The number of rotatable bonds is 2. The average Bonchev–Trinajstić information content (AvgIpc) is 2.21. The van der Waals surface area contributed by atoms with E-state index in [1.807, 2.05) is 6.07 Å². The molecule has 0 amide bonds. The van der Waals surface area contributed by atoms with Crippen molar-refractivity contribution in [1.82, 2.24) is 9.97 Å². The fourth-order valence-corrected chi connectivity index (χ4v) is 1.40. The molecule has 0 radical (unpaired) electrons. The van der Waals surface area contributed by atoms with Crippen molar-refractivity contribution in [2.24, 2.45) is 0 Å². The van der Waals surface area contributed by atoms with Crippen molar-refractivity contribution in [1.29, 1.82) is 0 Å². The molecule has 1 saturated heterocycles. The molecule has 0 aromatic carbocycles. The van der Waals surface area contributed by atoms with Crippen molar-refractivity contribution in [3.05, 3.63) is 18.5 Å². The van der Waals surface area contributed by atoms with E-state index in [1.165, 1.54) is 0 Å². The third-order valence-electron chi connectivity index (χ3n) is 2.12. The van der Waals surface area contributed by atoms with Gasteiger partial charge in [0.05, 0.1) is 0 Å². The maximum Gasteiger partial charge on any atom is 0.222 e. The molecule has 1 aromatic heterocycles. The van der Waals surface area contributed by atoms with Crippen molar-refractivity contribution < 1.29 is 4.74 Å². The van der Waals surface area contributed by atoms with Gasteiger partial charge < -0.3 is 10.1 Å². The van der Waals surface area contributed by atoms with E-state index >= 15 is 0 Å². The predicted octanol–water partition coefficient (Wildman–Crippen LogP) is 1.07. The highest BCUT2D eigenvalue weighted by atomic mass is 16.5. The molecule has 1 N–H and O–H groups in total. The van der Waals surface area contributed by atoms with Crippen LogP contribution in [0.3, 0.4) is 0 Å². The molecule has 0 aliphatic carbocycles. The van der Waals surface area contributed by atoms with Gasteiger partial charge in [-0.25, -0.2) is 9.97 Å². The van der Waals surface area contributed by atoms with E-state index in [0.717, 1.165) is 32.0 Å². The summed E-state index contributed by atoms with van der Waals surface area (Å²) >= 11 is 0. The van der Waals surface area contributed by atoms with Crippen molar-refractivity contribution in [3.63, 3.8) is 0 Å². The summed E-state index contributed by atoms with van der Waals surface area (Å²) in [6.45, 7) is 1.68. The Balaban J connectivity index is 1.90. The first-order valence-corrected chi connectivity index (χ1v) is 4.56. The summed E-state index contributed by atoms with van der Waals surface area (Å²) in [5, 5.41) is 3.28. The maximum absolute atomic E-state index is 5.26. The number of anilines is 1. The molecule has 0 spiro atoms. The van der Waals surface area contributed by atoms with Gasteiger partial charge in [-0.2, -0.15) is 0 Å². The molecular weight excluding hydrogens is 166 g/mol. The molecule has 4 nitrogen and oxygen atoms in total. The lowest BCUT2D eigenvalue weighted by atomic mass is 10.1. The van der Waals surface area contributed by atoms with Gasteiger partial charge >= 0.3 is 0 Å². The first kappa shape index (κ1) is 8.44. The lowest BCUT2D eigenvalue weighted by molar-refractivity contribution is 0.0903. The quantitative estimate of drug-likeness (QED) is 0.737. The molecule has 1 aromatic rings. The Kier molecular flexibility index (Phi) is 2.72. The van der Waals surface area contributed by atoms with E-state index in [1.54, 1.807) is 12.4 Å². The third kappa shape index (κ3) is 2.39. The lowest BCUT2D eigenvalue weighted by Gasteiger charge is -2.22. The van der Waals surface area contributed by atoms with Gasteiger partial charge in [-0.3, -0.25) is 0 Å². The monoisotopic (exact) mass is 179 g/mol. The molecule has 0 bridgehead atoms. The average molecular weight is 179 g/mol. The van der Waals surface area contributed by atoms with Gasteiger partial charge in [0.25, 0.3) is 0 Å². The van der Waals surface area contributed by atoms with Gasteiger partial charge in [0.1, 0.15) is 0 Å². The normalized spacial score (nSPS) is 18.5. The van der Waals surface area contributed by atoms with Crippen LogP contribution in [0.5, 0.6) is 0 Å². The van der Waals surface area contributed by atoms with Gasteiger partial charge in [0, 0.05) is 31.6 Å². The van der Waals surface area contributed by atoms with Crippen LogP contribution in [0.4, 0.5) is 5.95 Å². The standard InChI is InChI=1S/C9H13N3O/c1-4-10-9(11-5-1)12-8-2-6-13-7-3-8/h1,4-5,8H,2-3,6-7H2,(H,10,11,12). The van der Waals surface area contributed by atoms with Gasteiger partial charge in [-0.05, 0) is 18.9 Å². The van der Waals surface area contributed by atoms with Crippen LogP contribution < -0.4 is 5.32 Å². The van der Waals surface area contributed by atoms with E-state index < -0.39 is 0 Å². The van der Waals surface area contributed by atoms with E-state index in [2.05, 4.69) is 15.3 Å². The zero-order valence-electron chi connectivity index (χ0n) is 7.44. The second kappa shape index (κ2) is 4.18. The minimum atomic E-state index is 0.469. The smallest absolute Gasteiger partial charge is 0.222 e. The Morgan fingerprint density at radius 1 is 1.23 bits per heavy atom. The topological polar surface area (TPSA) is 47.0 Å². The molecule has 70 valence electrons. The van der Waals surface area contributed by atoms with E-state index in [-0.39, 0.29) is 0 Å². The number of ether oxygens (including phenoxy) is 1.